The Bertz CT molecular complexity index is 441. The molecule has 0 aromatic carbocycles. The third-order valence-electron chi connectivity index (χ3n) is 2.14. The zero-order valence-corrected chi connectivity index (χ0v) is 8.70. The minimum atomic E-state index is -0.885. The van der Waals surface area contributed by atoms with Gasteiger partial charge in [-0.3, -0.25) is 4.98 Å². The van der Waals surface area contributed by atoms with Gasteiger partial charge in [-0.1, -0.05) is 11.6 Å². The molecule has 78 valence electrons. The standard InChI is InChI=1S/C10H11ClN4/c11-7-1-3-14-9(5-7)10(13)6-8(12)2-4-15-10/h1-6,15H,12-13H2. The van der Waals surface area contributed by atoms with Gasteiger partial charge in [0.05, 0.1) is 5.69 Å². The molecule has 2 rings (SSSR count). The highest BCUT2D eigenvalue weighted by Gasteiger charge is 2.27. The average Bonchev–Trinajstić information content (AvgIpc) is 2.17. The second-order valence-corrected chi connectivity index (χ2v) is 3.79. The summed E-state index contributed by atoms with van der Waals surface area (Å²) in [6.07, 6.45) is 6.73. The highest BCUT2D eigenvalue weighted by atomic mass is 35.5. The van der Waals surface area contributed by atoms with Crippen LogP contribution in [0.2, 0.25) is 5.02 Å². The molecule has 5 heteroatoms. The molecule has 1 aliphatic heterocycles. The van der Waals surface area contributed by atoms with E-state index in [1.54, 1.807) is 36.7 Å². The van der Waals surface area contributed by atoms with Crippen LogP contribution in [-0.4, -0.2) is 4.98 Å². The first-order valence-corrected chi connectivity index (χ1v) is 4.81. The number of pyridine rings is 1. The summed E-state index contributed by atoms with van der Waals surface area (Å²) in [6, 6.07) is 3.40. The van der Waals surface area contributed by atoms with E-state index in [1.165, 1.54) is 0 Å². The molecule has 0 bridgehead atoms. The molecular weight excluding hydrogens is 212 g/mol. The number of rotatable bonds is 1. The Morgan fingerprint density at radius 2 is 2.27 bits per heavy atom. The van der Waals surface area contributed by atoms with E-state index in [9.17, 15) is 0 Å². The molecule has 0 spiro atoms. The van der Waals surface area contributed by atoms with E-state index < -0.39 is 5.66 Å². The van der Waals surface area contributed by atoms with Gasteiger partial charge in [-0.05, 0) is 24.3 Å². The van der Waals surface area contributed by atoms with Gasteiger partial charge >= 0.3 is 0 Å². The Morgan fingerprint density at radius 1 is 1.47 bits per heavy atom. The summed E-state index contributed by atoms with van der Waals surface area (Å²) in [4.78, 5) is 4.16. The van der Waals surface area contributed by atoms with Crippen LogP contribution in [0.1, 0.15) is 5.69 Å². The molecule has 1 aromatic rings. The van der Waals surface area contributed by atoms with Crippen molar-refractivity contribution < 1.29 is 0 Å². The Labute approximate surface area is 92.6 Å². The number of hydrogen-bond donors (Lipinski definition) is 3. The van der Waals surface area contributed by atoms with Crippen molar-refractivity contribution in [3.63, 3.8) is 0 Å². The van der Waals surface area contributed by atoms with Crippen molar-refractivity contribution in [2.75, 3.05) is 0 Å². The predicted octanol–water partition coefficient (Wildman–Crippen LogP) is 0.806. The van der Waals surface area contributed by atoms with Crippen LogP contribution in [0.3, 0.4) is 0 Å². The Balaban J connectivity index is 2.42. The topological polar surface area (TPSA) is 77.0 Å². The van der Waals surface area contributed by atoms with E-state index in [4.69, 9.17) is 23.1 Å². The number of aromatic nitrogens is 1. The molecule has 0 radical (unpaired) electrons. The molecule has 0 fully saturated rings. The number of nitrogens with one attached hydrogen (secondary N) is 1. The maximum absolute atomic E-state index is 6.10. The molecule has 4 nitrogen and oxygen atoms in total. The lowest BCUT2D eigenvalue weighted by molar-refractivity contribution is 0.475. The Morgan fingerprint density at radius 3 is 2.93 bits per heavy atom. The van der Waals surface area contributed by atoms with Crippen LogP contribution in [0.4, 0.5) is 0 Å². The fraction of sp³-hybridized carbons (Fsp3) is 0.100. The van der Waals surface area contributed by atoms with Crippen LogP contribution < -0.4 is 16.8 Å². The number of nitrogens with two attached hydrogens (primary N) is 2. The molecule has 15 heavy (non-hydrogen) atoms. The van der Waals surface area contributed by atoms with Crippen LogP contribution in [0.5, 0.6) is 0 Å². The molecular formula is C10H11ClN4. The van der Waals surface area contributed by atoms with Gasteiger partial charge in [-0.15, -0.1) is 0 Å². The SMILES string of the molecule is NC1=CC(N)(c2cc(Cl)ccn2)NC=C1. The van der Waals surface area contributed by atoms with Gasteiger partial charge in [0.15, 0.2) is 5.66 Å². The van der Waals surface area contributed by atoms with Crippen LogP contribution in [0, 0.1) is 0 Å². The van der Waals surface area contributed by atoms with Gasteiger partial charge < -0.3 is 16.8 Å². The third-order valence-corrected chi connectivity index (χ3v) is 2.37. The van der Waals surface area contributed by atoms with Gasteiger partial charge in [-0.25, -0.2) is 0 Å². The van der Waals surface area contributed by atoms with Crippen molar-refractivity contribution >= 4 is 11.6 Å². The second kappa shape index (κ2) is 3.56. The van der Waals surface area contributed by atoms with Gasteiger partial charge in [-0.2, -0.15) is 0 Å². The maximum Gasteiger partial charge on any atom is 0.151 e. The normalized spacial score (nSPS) is 24.5. The van der Waals surface area contributed by atoms with Gasteiger partial charge in [0.1, 0.15) is 0 Å². The molecule has 1 unspecified atom stereocenters. The zero-order valence-electron chi connectivity index (χ0n) is 7.94. The summed E-state index contributed by atoms with van der Waals surface area (Å²) in [5.41, 5.74) is 12.1. The number of halogens is 1. The smallest absolute Gasteiger partial charge is 0.151 e. The first-order chi connectivity index (χ1) is 7.10. The first-order valence-electron chi connectivity index (χ1n) is 4.44. The Kier molecular flexibility index (Phi) is 2.38. The van der Waals surface area contributed by atoms with E-state index in [1.807, 2.05) is 0 Å². The number of hydrogen-bond acceptors (Lipinski definition) is 4. The molecule has 0 saturated carbocycles. The lowest BCUT2D eigenvalue weighted by Crippen LogP contribution is -2.48. The summed E-state index contributed by atoms with van der Waals surface area (Å²) < 4.78 is 0. The third kappa shape index (κ3) is 1.95. The van der Waals surface area contributed by atoms with Crippen molar-refractivity contribution in [3.8, 4) is 0 Å². The molecule has 1 aromatic heterocycles. The van der Waals surface area contributed by atoms with Crippen LogP contribution in [0.25, 0.3) is 0 Å². The summed E-state index contributed by atoms with van der Waals surface area (Å²) in [5, 5.41) is 3.58. The van der Waals surface area contributed by atoms with Crippen molar-refractivity contribution in [1.82, 2.24) is 10.3 Å². The number of nitrogens with zero attached hydrogens (tertiary/aromatic N) is 1. The highest BCUT2D eigenvalue weighted by molar-refractivity contribution is 6.30. The van der Waals surface area contributed by atoms with Gasteiger partial charge in [0.25, 0.3) is 0 Å². The van der Waals surface area contributed by atoms with Gasteiger partial charge in [0.2, 0.25) is 0 Å². The molecule has 5 N–H and O–H groups in total. The summed E-state index contributed by atoms with van der Waals surface area (Å²) in [7, 11) is 0. The Hall–Kier alpha value is -1.52. The first kappa shape index (κ1) is 10.0. The lowest BCUT2D eigenvalue weighted by atomic mass is 10.0. The molecule has 1 aliphatic rings. The second-order valence-electron chi connectivity index (χ2n) is 3.35. The van der Waals surface area contributed by atoms with E-state index in [0.717, 1.165) is 0 Å². The van der Waals surface area contributed by atoms with Crippen LogP contribution in [-0.2, 0) is 5.66 Å². The van der Waals surface area contributed by atoms with Crippen molar-refractivity contribution in [3.05, 3.63) is 53.1 Å². The number of allylic oxidation sites excluding steroid dienone is 1. The molecule has 1 atom stereocenters. The van der Waals surface area contributed by atoms with Crippen LogP contribution in [0.15, 0.2) is 42.4 Å². The number of dihydropyridines is 1. The summed E-state index contributed by atoms with van der Waals surface area (Å²) >= 11 is 5.87. The monoisotopic (exact) mass is 222 g/mol. The molecule has 0 saturated heterocycles. The minimum Gasteiger partial charge on any atom is -0.399 e. The van der Waals surface area contributed by atoms with Crippen LogP contribution >= 0.6 is 11.6 Å². The van der Waals surface area contributed by atoms with E-state index in [0.29, 0.717) is 16.4 Å². The van der Waals surface area contributed by atoms with Gasteiger partial charge in [0, 0.05) is 23.1 Å². The fourth-order valence-electron chi connectivity index (χ4n) is 1.41. The fourth-order valence-corrected chi connectivity index (χ4v) is 1.57. The highest BCUT2D eigenvalue weighted by Crippen LogP contribution is 2.21. The minimum absolute atomic E-state index is 0.591. The predicted molar refractivity (Wildman–Crippen MR) is 59.7 cm³/mol. The van der Waals surface area contributed by atoms with E-state index in [-0.39, 0.29) is 0 Å². The quantitative estimate of drug-likeness (QED) is 0.657. The van der Waals surface area contributed by atoms with Crippen molar-refractivity contribution in [1.29, 1.82) is 0 Å². The van der Waals surface area contributed by atoms with Crippen molar-refractivity contribution in [2.24, 2.45) is 11.5 Å². The van der Waals surface area contributed by atoms with E-state index in [2.05, 4.69) is 10.3 Å². The largest absolute Gasteiger partial charge is 0.399 e. The zero-order chi connectivity index (χ0) is 10.9. The summed E-state index contributed by atoms with van der Waals surface area (Å²) in [6.45, 7) is 0. The molecule has 0 amide bonds. The molecule has 2 heterocycles. The lowest BCUT2D eigenvalue weighted by Gasteiger charge is -2.28. The maximum atomic E-state index is 6.10. The molecule has 0 aliphatic carbocycles. The summed E-state index contributed by atoms with van der Waals surface area (Å²) in [5.74, 6) is 0. The average molecular weight is 223 g/mol. The van der Waals surface area contributed by atoms with Crippen molar-refractivity contribution in [2.45, 2.75) is 5.66 Å². The van der Waals surface area contributed by atoms with E-state index >= 15 is 0 Å².